The molecule has 3 rings (SSSR count). The summed E-state index contributed by atoms with van der Waals surface area (Å²) < 4.78 is 113. The van der Waals surface area contributed by atoms with Gasteiger partial charge in [0, 0.05) is 78.3 Å². The number of unbranched alkanes of at least 4 members (excludes halogenated alkanes) is 45. The number of carboxylic acid groups (broad SMARTS) is 1. The Bertz CT molecular complexity index is 2540. The number of aliphatic carboxylic acids is 1. The fourth-order valence-corrected chi connectivity index (χ4v) is 16.7. The van der Waals surface area contributed by atoms with Gasteiger partial charge in [-0.25, -0.2) is 13.2 Å². The molecule has 3 aliphatic rings. The highest BCUT2D eigenvalue weighted by Crippen LogP contribution is 2.28. The van der Waals surface area contributed by atoms with Gasteiger partial charge in [-0.1, -0.05) is 382 Å². The smallest absolute Gasteiger partial charge is 0.365 e. The van der Waals surface area contributed by atoms with Crippen LogP contribution in [0.5, 0.6) is 0 Å². The highest BCUT2D eigenvalue weighted by atomic mass is 127. The second-order valence-electron chi connectivity index (χ2n) is 38.7. The first kappa shape index (κ1) is 140. The van der Waals surface area contributed by atoms with Crippen molar-refractivity contribution in [2.45, 2.75) is 472 Å². The topological polar surface area (TPSA) is 271 Å². The first-order valence-electron chi connectivity index (χ1n) is 54.6. The zero-order chi connectivity index (χ0) is 99.9. The Morgan fingerprint density at radius 3 is 0.746 bits per heavy atom. The maximum atomic E-state index is 12.3. The summed E-state index contributed by atoms with van der Waals surface area (Å²) in [7, 11) is -2.05. The van der Waals surface area contributed by atoms with Gasteiger partial charge in [-0.05, 0) is 86.5 Å². The lowest BCUT2D eigenvalue weighted by molar-refractivity contribution is -0.906. The van der Waals surface area contributed by atoms with E-state index in [2.05, 4.69) is 94.7 Å². The van der Waals surface area contributed by atoms with Crippen LogP contribution in [-0.2, 0) is 94.6 Å². The van der Waals surface area contributed by atoms with Crippen LogP contribution in [0.3, 0.4) is 0 Å². The molecule has 0 aromatic heterocycles. The number of likely N-dealkylation sites (tertiary alicyclic amines) is 2. The lowest BCUT2D eigenvalue weighted by atomic mass is 10.1. The van der Waals surface area contributed by atoms with Crippen molar-refractivity contribution in [3.05, 3.63) is 0 Å². The van der Waals surface area contributed by atoms with Crippen molar-refractivity contribution in [3.63, 3.8) is 0 Å². The first-order valence-corrected chi connectivity index (χ1v) is 62.1. The molecule has 134 heavy (non-hydrogen) atoms. The summed E-state index contributed by atoms with van der Waals surface area (Å²) >= 11 is 4.64. The molecule has 4 unspecified atom stereocenters. The number of quaternary nitrogens is 2. The van der Waals surface area contributed by atoms with Gasteiger partial charge in [0.15, 0.2) is 6.04 Å². The second kappa shape index (κ2) is 108. The van der Waals surface area contributed by atoms with Crippen molar-refractivity contribution >= 4 is 92.9 Å². The Morgan fingerprint density at radius 1 is 0.299 bits per heavy atom. The number of esters is 2. The van der Waals surface area contributed by atoms with Crippen molar-refractivity contribution < 1.29 is 107 Å². The number of ether oxygens (including phenoxy) is 12. The van der Waals surface area contributed by atoms with E-state index < -0.39 is 30.7 Å². The first-order chi connectivity index (χ1) is 64.6. The monoisotopic (exact) mass is 2200 g/mol. The molecule has 28 heteroatoms. The van der Waals surface area contributed by atoms with Crippen molar-refractivity contribution in [1.82, 2.24) is 0 Å². The molecule has 2 N–H and O–H groups in total. The van der Waals surface area contributed by atoms with Crippen LogP contribution in [0.2, 0.25) is 0 Å². The zero-order valence-electron chi connectivity index (χ0n) is 88.9. The molecule has 0 amide bonds. The number of hydrogen-bond donors (Lipinski definition) is 2. The third-order valence-corrected chi connectivity index (χ3v) is 24.7. The van der Waals surface area contributed by atoms with E-state index in [0.717, 1.165) is 183 Å². The number of carbonyl (C=O) groups is 3. The largest absolute Gasteiger partial charge is 0.544 e. The highest BCUT2D eigenvalue weighted by Gasteiger charge is 2.38. The van der Waals surface area contributed by atoms with Gasteiger partial charge in [0.05, 0.1) is 143 Å². The predicted molar refractivity (Wildman–Crippen MR) is 573 cm³/mol. The molecule has 0 aromatic rings. The number of carboxylic acids is 1. The van der Waals surface area contributed by atoms with Gasteiger partial charge in [0.25, 0.3) is 10.1 Å². The van der Waals surface area contributed by atoms with Gasteiger partial charge in [0.2, 0.25) is 9.05 Å². The molecular weight excluding hydrogens is 1990 g/mol. The standard InChI is InChI=1S/C25H49NO4.C21H41NO4.C17H36O5S.2C16H33IO2.C10H18O2.CH3ClO2S/c1-5-6-7-8-9-10-11-12-13-14-19-28-21-22-29-20-18-26-17-15-16-23(26)24(27)30-25(2,3)4;1-2-3-4-5-6-7-8-9-10-11-16-25-18-19-26-17-15-22-14-12-13-20(22)21(23)24;1-3-4-5-6-7-8-9-10-11-12-13-20-14-15-21-16-17-22-23(2,18)19;2*1-2-3-4-5-6-7-8-9-10-11-13-18-15-16-19-14-12-17;1-10(2,3)12-9(11)8-6-4-5-7-8;1-5(2,3)4/h23H,5-22H2,1-4H3;20H,2-19H2,1H3,(H,23,24);3-17H2,1-2H3;2*2-16H2,1H3;8H,4-7H2,1-3H3;1H3/p+1. The maximum Gasteiger partial charge on any atom is 0.365 e. The summed E-state index contributed by atoms with van der Waals surface area (Å²) in [6.07, 6.45) is 77.9. The SMILES string of the molecule is CC(C)(C)OC(=O)C1CCCC1.CCCCCCCCCCCCOCCOCCI.CCCCCCCCCCCCOCCOCCI.CCCCCCCCCCCCOCCOCCOS(C)(=O)=O.CCCCCCCCCCCCOCCOCC[NH+]1CCCC1C(=O)OC(C)(C)C.CCCCCCCCCCCCOCCOCC[NH+]1CCCC1C(=O)[O-].CS(=O)(=O)Cl. The van der Waals surface area contributed by atoms with E-state index >= 15 is 0 Å². The molecule has 1 saturated carbocycles. The van der Waals surface area contributed by atoms with E-state index in [-0.39, 0.29) is 48.8 Å². The van der Waals surface area contributed by atoms with E-state index in [1.165, 1.54) is 320 Å². The van der Waals surface area contributed by atoms with Crippen LogP contribution in [0, 0.1) is 5.92 Å². The minimum Gasteiger partial charge on any atom is -0.544 e. The Balaban J connectivity index is -0.000000760. The van der Waals surface area contributed by atoms with Gasteiger partial charge in [-0.2, -0.15) is 8.42 Å². The summed E-state index contributed by atoms with van der Waals surface area (Å²) in [6, 6.07) is -0.369. The quantitative estimate of drug-likeness (QED) is 0.0143. The van der Waals surface area contributed by atoms with E-state index in [1.54, 1.807) is 0 Å². The van der Waals surface area contributed by atoms with Crippen LogP contribution >= 0.6 is 55.9 Å². The number of carbonyl (C=O) groups excluding carboxylic acids is 3. The van der Waals surface area contributed by atoms with Crippen LogP contribution in [0.15, 0.2) is 0 Å². The number of rotatable bonds is 87. The molecule has 1 aliphatic carbocycles. The second-order valence-corrected chi connectivity index (χ2v) is 45.5. The van der Waals surface area contributed by atoms with Crippen LogP contribution in [-0.4, -0.2) is 244 Å². The molecule has 2 heterocycles. The fraction of sp³-hybridized carbons (Fsp3) is 0.972. The van der Waals surface area contributed by atoms with E-state index in [1.807, 2.05) is 41.5 Å². The van der Waals surface area contributed by atoms with Gasteiger partial charge in [0.1, 0.15) is 30.3 Å². The lowest BCUT2D eigenvalue weighted by Crippen LogP contribution is -3.15. The van der Waals surface area contributed by atoms with Crippen LogP contribution < -0.4 is 14.9 Å². The fourth-order valence-electron chi connectivity index (χ4n) is 15.7. The van der Waals surface area contributed by atoms with Gasteiger partial charge < -0.3 is 76.5 Å². The molecular formula is C106H214ClI2N2O21S2+. The highest BCUT2D eigenvalue weighted by molar-refractivity contribution is 14.1. The van der Waals surface area contributed by atoms with Gasteiger partial charge in [-0.15, -0.1) is 0 Å². The Kier molecular flexibility index (Phi) is 113. The number of nitrogens with one attached hydrogen (secondary N) is 2. The average molecular weight is 2210 g/mol. The zero-order valence-corrected chi connectivity index (χ0v) is 95.6. The van der Waals surface area contributed by atoms with E-state index in [4.69, 9.17) is 56.8 Å². The normalized spacial score (nSPS) is 15.6. The van der Waals surface area contributed by atoms with Crippen LogP contribution in [0.4, 0.5) is 0 Å². The summed E-state index contributed by atoms with van der Waals surface area (Å²) in [6.45, 7) is 40.6. The minimum absolute atomic E-state index is 0.000000000000000666. The Hall–Kier alpha value is -0.460. The third-order valence-electron chi connectivity index (χ3n) is 23.2. The molecule has 23 nitrogen and oxygen atoms in total. The molecule has 0 bridgehead atoms. The summed E-state index contributed by atoms with van der Waals surface area (Å²) in [5.41, 5.74) is -0.730. The van der Waals surface area contributed by atoms with Crippen molar-refractivity contribution in [2.24, 2.45) is 5.92 Å². The molecule has 2 aliphatic heterocycles. The van der Waals surface area contributed by atoms with Crippen molar-refractivity contribution in [3.8, 4) is 0 Å². The lowest BCUT2D eigenvalue weighted by Gasteiger charge is -2.25. The number of hydrogen-bond acceptors (Lipinski definition) is 21. The molecule has 3 fully saturated rings. The molecule has 0 radical (unpaired) electrons. The van der Waals surface area contributed by atoms with Gasteiger partial charge in [-0.3, -0.25) is 8.98 Å². The average Bonchev–Trinajstić information content (AvgIpc) is 1.61. The van der Waals surface area contributed by atoms with E-state index in [9.17, 15) is 36.3 Å². The molecule has 806 valence electrons. The number of alkyl halides is 2. The Morgan fingerprint density at radius 2 is 0.507 bits per heavy atom. The van der Waals surface area contributed by atoms with Crippen molar-refractivity contribution in [1.29, 1.82) is 0 Å². The minimum atomic E-state index is -3.36. The summed E-state index contributed by atoms with van der Waals surface area (Å²) in [4.78, 5) is 37.2. The number of halogens is 3. The maximum absolute atomic E-state index is 12.3. The van der Waals surface area contributed by atoms with Crippen molar-refractivity contribution in [2.75, 3.05) is 186 Å². The predicted octanol–water partition coefficient (Wildman–Crippen LogP) is 23.4. The Labute approximate surface area is 857 Å². The van der Waals surface area contributed by atoms with E-state index in [0.29, 0.717) is 52.9 Å². The van der Waals surface area contributed by atoms with Crippen LogP contribution in [0.25, 0.3) is 0 Å². The summed E-state index contributed by atoms with van der Waals surface area (Å²) in [5, 5.41) is 11.0. The molecule has 0 spiro atoms. The summed E-state index contributed by atoms with van der Waals surface area (Å²) in [5.74, 6) is -0.795. The molecule has 0 aromatic carbocycles. The third kappa shape index (κ3) is 120. The van der Waals surface area contributed by atoms with Crippen LogP contribution in [0.1, 0.15) is 449 Å². The molecule has 2 saturated heterocycles. The molecule has 4 atom stereocenters. The van der Waals surface area contributed by atoms with Gasteiger partial charge >= 0.3 is 11.9 Å².